The zero-order chi connectivity index (χ0) is 30.4. The van der Waals surface area contributed by atoms with Crippen LogP contribution in [-0.4, -0.2) is 9.55 Å². The van der Waals surface area contributed by atoms with Gasteiger partial charge in [0.2, 0.25) is 0 Å². The first-order chi connectivity index (χ1) is 22.2. The van der Waals surface area contributed by atoms with Crippen molar-refractivity contribution >= 4 is 28.1 Å². The molecule has 0 radical (unpaired) electrons. The standard InChI is InChI=1S/C42H35N3/c1-3-42(4-2)37-28-30(41-43-39-22-14-15-23-40(39)45(41)33-20-12-7-13-21-33)24-26-35(37)36-27-25-34(29-38(36)42)44(31-16-8-5-9-17-31)32-18-10-6-11-19-32/h5-29H,3-4H2,1-2H3. The van der Waals surface area contributed by atoms with Crippen molar-refractivity contribution in [2.24, 2.45) is 0 Å². The molecule has 0 bridgehead atoms. The summed E-state index contributed by atoms with van der Waals surface area (Å²) in [5.41, 5.74) is 13.2. The molecule has 7 aromatic rings. The number of benzene rings is 6. The third kappa shape index (κ3) is 4.30. The summed E-state index contributed by atoms with van der Waals surface area (Å²) in [4.78, 5) is 7.56. The fourth-order valence-corrected chi connectivity index (χ4v) is 7.43. The highest BCUT2D eigenvalue weighted by Gasteiger charge is 2.41. The molecule has 6 aromatic carbocycles. The lowest BCUT2D eigenvalue weighted by molar-refractivity contribution is 0.490. The maximum Gasteiger partial charge on any atom is 0.145 e. The van der Waals surface area contributed by atoms with Gasteiger partial charge >= 0.3 is 0 Å². The van der Waals surface area contributed by atoms with Gasteiger partial charge in [-0.15, -0.1) is 0 Å². The smallest absolute Gasteiger partial charge is 0.145 e. The molecule has 0 N–H and O–H groups in total. The Labute approximate surface area is 265 Å². The Morgan fingerprint density at radius 2 is 1.11 bits per heavy atom. The minimum Gasteiger partial charge on any atom is -0.310 e. The summed E-state index contributed by atoms with van der Waals surface area (Å²) in [5.74, 6) is 0.974. The fourth-order valence-electron chi connectivity index (χ4n) is 7.43. The van der Waals surface area contributed by atoms with Gasteiger partial charge in [0, 0.05) is 33.7 Å². The van der Waals surface area contributed by atoms with E-state index in [1.165, 1.54) is 27.9 Å². The van der Waals surface area contributed by atoms with E-state index < -0.39 is 0 Å². The predicted molar refractivity (Wildman–Crippen MR) is 188 cm³/mol. The molecule has 45 heavy (non-hydrogen) atoms. The number of anilines is 3. The molecule has 0 saturated carbocycles. The number of rotatable bonds is 7. The van der Waals surface area contributed by atoms with Crippen molar-refractivity contribution in [3.63, 3.8) is 0 Å². The number of fused-ring (bicyclic) bond motifs is 4. The van der Waals surface area contributed by atoms with Crippen LogP contribution in [0.15, 0.2) is 152 Å². The molecule has 0 aliphatic heterocycles. The first-order valence-corrected chi connectivity index (χ1v) is 15.9. The normalized spacial score (nSPS) is 13.0. The SMILES string of the molecule is CCC1(CC)c2cc(-c3nc4ccccc4n3-c3ccccc3)ccc2-c2ccc(N(c3ccccc3)c3ccccc3)cc21. The number of aromatic nitrogens is 2. The van der Waals surface area contributed by atoms with Gasteiger partial charge in [-0.3, -0.25) is 4.57 Å². The van der Waals surface area contributed by atoms with Crippen molar-refractivity contribution < 1.29 is 0 Å². The van der Waals surface area contributed by atoms with Crippen molar-refractivity contribution in [3.8, 4) is 28.2 Å². The lowest BCUT2D eigenvalue weighted by atomic mass is 9.73. The first kappa shape index (κ1) is 27.2. The molecule has 0 fully saturated rings. The van der Waals surface area contributed by atoms with Crippen LogP contribution >= 0.6 is 0 Å². The molecule has 3 nitrogen and oxygen atoms in total. The quantitative estimate of drug-likeness (QED) is 0.187. The number of hydrogen-bond donors (Lipinski definition) is 0. The Morgan fingerprint density at radius 3 is 1.76 bits per heavy atom. The van der Waals surface area contributed by atoms with E-state index in [0.29, 0.717) is 0 Å². The second kappa shape index (κ2) is 10.9. The molecular formula is C42H35N3. The molecule has 0 spiro atoms. The van der Waals surface area contributed by atoms with Crippen LogP contribution in [0.3, 0.4) is 0 Å². The first-order valence-electron chi connectivity index (χ1n) is 15.9. The molecule has 1 aromatic heterocycles. The Morgan fingerprint density at radius 1 is 0.556 bits per heavy atom. The summed E-state index contributed by atoms with van der Waals surface area (Å²) < 4.78 is 2.30. The highest BCUT2D eigenvalue weighted by molar-refractivity contribution is 5.89. The second-order valence-electron chi connectivity index (χ2n) is 11.9. The van der Waals surface area contributed by atoms with Crippen molar-refractivity contribution in [1.82, 2.24) is 9.55 Å². The number of imidazole rings is 1. The van der Waals surface area contributed by atoms with Crippen molar-refractivity contribution in [2.75, 3.05) is 4.90 Å². The zero-order valence-electron chi connectivity index (χ0n) is 25.7. The lowest BCUT2D eigenvalue weighted by Gasteiger charge is -2.32. The van der Waals surface area contributed by atoms with Gasteiger partial charge in [-0.05, 0) is 102 Å². The van der Waals surface area contributed by atoms with Crippen LogP contribution in [0.4, 0.5) is 17.1 Å². The average Bonchev–Trinajstić information content (AvgIpc) is 3.63. The van der Waals surface area contributed by atoms with Crippen molar-refractivity contribution in [1.29, 1.82) is 0 Å². The summed E-state index contributed by atoms with van der Waals surface area (Å²) in [6.45, 7) is 4.68. The van der Waals surface area contributed by atoms with Crippen molar-refractivity contribution in [2.45, 2.75) is 32.1 Å². The molecule has 3 heteroatoms. The molecule has 1 heterocycles. The van der Waals surface area contributed by atoms with E-state index in [2.05, 4.69) is 175 Å². The van der Waals surface area contributed by atoms with Crippen molar-refractivity contribution in [3.05, 3.63) is 163 Å². The van der Waals surface area contributed by atoms with E-state index in [9.17, 15) is 0 Å². The van der Waals surface area contributed by atoms with E-state index in [-0.39, 0.29) is 5.41 Å². The van der Waals surface area contributed by atoms with Crippen LogP contribution in [0.25, 0.3) is 39.2 Å². The van der Waals surface area contributed by atoms with E-state index in [1.54, 1.807) is 0 Å². The maximum absolute atomic E-state index is 5.19. The highest BCUT2D eigenvalue weighted by Crippen LogP contribution is 2.55. The van der Waals surface area contributed by atoms with Gasteiger partial charge in [0.15, 0.2) is 0 Å². The molecule has 0 unspecified atom stereocenters. The topological polar surface area (TPSA) is 21.1 Å². The maximum atomic E-state index is 5.19. The largest absolute Gasteiger partial charge is 0.310 e. The average molecular weight is 582 g/mol. The van der Waals surface area contributed by atoms with E-state index >= 15 is 0 Å². The molecular weight excluding hydrogens is 546 g/mol. The van der Waals surface area contributed by atoms with Gasteiger partial charge in [0.05, 0.1) is 11.0 Å². The zero-order valence-corrected chi connectivity index (χ0v) is 25.7. The molecule has 218 valence electrons. The van der Waals surface area contributed by atoms with Crippen LogP contribution in [0, 0.1) is 0 Å². The summed E-state index contributed by atoms with van der Waals surface area (Å²) in [6, 6.07) is 54.5. The Hall–Kier alpha value is -5.41. The molecule has 0 amide bonds. The van der Waals surface area contributed by atoms with E-state index in [0.717, 1.165) is 52.3 Å². The number of nitrogens with zero attached hydrogens (tertiary/aromatic N) is 3. The van der Waals surface area contributed by atoms with Gasteiger partial charge in [-0.25, -0.2) is 4.98 Å². The minimum absolute atomic E-state index is 0.0979. The minimum atomic E-state index is -0.0979. The van der Waals surface area contributed by atoms with Crippen LogP contribution in [0.1, 0.15) is 37.8 Å². The van der Waals surface area contributed by atoms with Gasteiger partial charge < -0.3 is 4.90 Å². The fraction of sp³-hybridized carbons (Fsp3) is 0.119. The monoisotopic (exact) mass is 581 g/mol. The van der Waals surface area contributed by atoms with Crippen LogP contribution in [0.2, 0.25) is 0 Å². The molecule has 0 saturated heterocycles. The number of hydrogen-bond acceptors (Lipinski definition) is 2. The second-order valence-corrected chi connectivity index (χ2v) is 11.9. The third-order valence-corrected chi connectivity index (χ3v) is 9.67. The van der Waals surface area contributed by atoms with Crippen LogP contribution < -0.4 is 4.90 Å². The molecule has 0 atom stereocenters. The van der Waals surface area contributed by atoms with Gasteiger partial charge in [-0.1, -0.05) is 98.8 Å². The van der Waals surface area contributed by atoms with E-state index in [4.69, 9.17) is 4.98 Å². The van der Waals surface area contributed by atoms with Crippen LogP contribution in [0.5, 0.6) is 0 Å². The van der Waals surface area contributed by atoms with E-state index in [1.807, 2.05) is 0 Å². The summed E-state index contributed by atoms with van der Waals surface area (Å²) in [5, 5.41) is 0. The Balaban J connectivity index is 1.30. The summed E-state index contributed by atoms with van der Waals surface area (Å²) >= 11 is 0. The highest BCUT2D eigenvalue weighted by atomic mass is 15.1. The molecule has 1 aliphatic carbocycles. The van der Waals surface area contributed by atoms with Gasteiger partial charge in [0.1, 0.15) is 5.82 Å². The lowest BCUT2D eigenvalue weighted by Crippen LogP contribution is -2.23. The van der Waals surface area contributed by atoms with Crippen LogP contribution in [-0.2, 0) is 5.41 Å². The Bertz CT molecular complexity index is 2090. The van der Waals surface area contributed by atoms with Gasteiger partial charge in [-0.2, -0.15) is 0 Å². The number of para-hydroxylation sites is 5. The molecule has 1 aliphatic rings. The third-order valence-electron chi connectivity index (χ3n) is 9.67. The molecule has 8 rings (SSSR count). The predicted octanol–water partition coefficient (Wildman–Crippen LogP) is 11.2. The Kier molecular flexibility index (Phi) is 6.60. The van der Waals surface area contributed by atoms with Gasteiger partial charge in [0.25, 0.3) is 0 Å². The summed E-state index contributed by atoms with van der Waals surface area (Å²) in [7, 11) is 0. The summed E-state index contributed by atoms with van der Waals surface area (Å²) in [6.07, 6.45) is 2.03.